The van der Waals surface area contributed by atoms with E-state index >= 15 is 0 Å². The van der Waals surface area contributed by atoms with E-state index in [9.17, 15) is 0 Å². The highest BCUT2D eigenvalue weighted by Crippen LogP contribution is 2.26. The van der Waals surface area contributed by atoms with Gasteiger partial charge in [-0.15, -0.1) is 0 Å². The molecule has 1 unspecified atom stereocenters. The number of rotatable bonds is 4. The molecule has 102 valence electrons. The van der Waals surface area contributed by atoms with Crippen LogP contribution in [0, 0.1) is 5.41 Å². The summed E-state index contributed by atoms with van der Waals surface area (Å²) in [6.07, 6.45) is 1.26. The van der Waals surface area contributed by atoms with Crippen LogP contribution in [0.5, 0.6) is 0 Å². The fraction of sp³-hybridized carbons (Fsp3) is 0.500. The standard InChI is InChI=1S/C16H22N2O/c1-16(7-8-17-11-16)12-18(2)10-14-9-13-5-3-4-6-15(13)19-14/h3-6,9,17H,7-8,10-12H2,1-2H3. The van der Waals surface area contributed by atoms with Gasteiger partial charge in [-0.3, -0.25) is 4.90 Å². The zero-order chi connectivity index (χ0) is 13.3. The topological polar surface area (TPSA) is 28.4 Å². The number of fused-ring (bicyclic) bond motifs is 1. The van der Waals surface area contributed by atoms with E-state index in [0.29, 0.717) is 5.41 Å². The predicted octanol–water partition coefficient (Wildman–Crippen LogP) is 2.86. The summed E-state index contributed by atoms with van der Waals surface area (Å²) in [6, 6.07) is 10.4. The first-order valence-electron chi connectivity index (χ1n) is 7.01. The minimum absolute atomic E-state index is 0.404. The van der Waals surface area contributed by atoms with Crippen molar-refractivity contribution in [2.75, 3.05) is 26.7 Å². The molecule has 1 N–H and O–H groups in total. The lowest BCUT2D eigenvalue weighted by atomic mass is 9.89. The molecule has 0 spiro atoms. The van der Waals surface area contributed by atoms with Crippen molar-refractivity contribution < 1.29 is 4.42 Å². The van der Waals surface area contributed by atoms with Gasteiger partial charge in [-0.1, -0.05) is 25.1 Å². The van der Waals surface area contributed by atoms with Crippen LogP contribution >= 0.6 is 0 Å². The number of para-hydroxylation sites is 1. The Balaban J connectivity index is 1.67. The normalized spacial score (nSPS) is 23.5. The Kier molecular flexibility index (Phi) is 3.33. The van der Waals surface area contributed by atoms with E-state index in [-0.39, 0.29) is 0 Å². The largest absolute Gasteiger partial charge is 0.460 e. The molecular weight excluding hydrogens is 236 g/mol. The van der Waals surface area contributed by atoms with Gasteiger partial charge in [0, 0.05) is 18.5 Å². The van der Waals surface area contributed by atoms with Crippen LogP contribution in [0.15, 0.2) is 34.7 Å². The molecule has 0 amide bonds. The summed E-state index contributed by atoms with van der Waals surface area (Å²) < 4.78 is 5.88. The predicted molar refractivity (Wildman–Crippen MR) is 78.1 cm³/mol. The van der Waals surface area contributed by atoms with E-state index < -0.39 is 0 Å². The van der Waals surface area contributed by atoms with Crippen LogP contribution < -0.4 is 5.32 Å². The van der Waals surface area contributed by atoms with Gasteiger partial charge in [0.25, 0.3) is 0 Å². The Hall–Kier alpha value is -1.32. The van der Waals surface area contributed by atoms with Gasteiger partial charge >= 0.3 is 0 Å². The molecule has 1 atom stereocenters. The lowest BCUT2D eigenvalue weighted by molar-refractivity contribution is 0.194. The first-order valence-corrected chi connectivity index (χ1v) is 7.01. The lowest BCUT2D eigenvalue weighted by Crippen LogP contribution is -2.34. The van der Waals surface area contributed by atoms with Gasteiger partial charge in [0.2, 0.25) is 0 Å². The molecule has 0 radical (unpaired) electrons. The summed E-state index contributed by atoms with van der Waals surface area (Å²) >= 11 is 0. The summed E-state index contributed by atoms with van der Waals surface area (Å²) in [4.78, 5) is 2.37. The molecule has 1 aliphatic heterocycles. The molecule has 3 heteroatoms. The molecule has 0 aliphatic carbocycles. The maximum absolute atomic E-state index is 5.88. The molecule has 1 aliphatic rings. The van der Waals surface area contributed by atoms with Crippen molar-refractivity contribution in [3.8, 4) is 0 Å². The van der Waals surface area contributed by atoms with Crippen LogP contribution in [-0.4, -0.2) is 31.6 Å². The summed E-state index contributed by atoms with van der Waals surface area (Å²) in [5.41, 5.74) is 1.39. The van der Waals surface area contributed by atoms with E-state index in [1.54, 1.807) is 0 Å². The Labute approximate surface area is 114 Å². The van der Waals surface area contributed by atoms with Gasteiger partial charge in [0.1, 0.15) is 11.3 Å². The van der Waals surface area contributed by atoms with Crippen molar-refractivity contribution in [3.63, 3.8) is 0 Å². The number of nitrogens with zero attached hydrogens (tertiary/aromatic N) is 1. The van der Waals surface area contributed by atoms with E-state index in [4.69, 9.17) is 4.42 Å². The molecule has 3 rings (SSSR count). The Morgan fingerprint density at radius 3 is 2.95 bits per heavy atom. The third-order valence-electron chi connectivity index (χ3n) is 4.01. The molecule has 0 bridgehead atoms. The average molecular weight is 258 g/mol. The third kappa shape index (κ3) is 2.82. The van der Waals surface area contributed by atoms with Crippen LogP contribution in [-0.2, 0) is 6.54 Å². The zero-order valence-corrected chi connectivity index (χ0v) is 11.8. The van der Waals surface area contributed by atoms with Gasteiger partial charge in [-0.05, 0) is 37.6 Å². The first kappa shape index (κ1) is 12.7. The molecule has 2 aromatic rings. The van der Waals surface area contributed by atoms with Crippen LogP contribution in [0.1, 0.15) is 19.1 Å². The summed E-state index contributed by atoms with van der Waals surface area (Å²) in [5.74, 6) is 1.05. The highest BCUT2D eigenvalue weighted by molar-refractivity contribution is 5.77. The lowest BCUT2D eigenvalue weighted by Gasteiger charge is -2.28. The van der Waals surface area contributed by atoms with Crippen molar-refractivity contribution in [1.82, 2.24) is 10.2 Å². The van der Waals surface area contributed by atoms with E-state index in [2.05, 4.69) is 42.4 Å². The van der Waals surface area contributed by atoms with Crippen LogP contribution in [0.25, 0.3) is 11.0 Å². The maximum Gasteiger partial charge on any atom is 0.134 e. The van der Waals surface area contributed by atoms with Gasteiger partial charge in [-0.25, -0.2) is 0 Å². The number of hydrogen-bond acceptors (Lipinski definition) is 3. The molecule has 1 fully saturated rings. The van der Waals surface area contributed by atoms with E-state index in [0.717, 1.165) is 37.5 Å². The van der Waals surface area contributed by atoms with Crippen LogP contribution in [0.4, 0.5) is 0 Å². The summed E-state index contributed by atoms with van der Waals surface area (Å²) in [6.45, 7) is 6.62. The highest BCUT2D eigenvalue weighted by Gasteiger charge is 2.29. The Morgan fingerprint density at radius 1 is 1.37 bits per heavy atom. The highest BCUT2D eigenvalue weighted by atomic mass is 16.3. The van der Waals surface area contributed by atoms with Crippen molar-refractivity contribution in [2.24, 2.45) is 5.41 Å². The number of furan rings is 1. The number of hydrogen-bond donors (Lipinski definition) is 1. The molecule has 1 aromatic heterocycles. The monoisotopic (exact) mass is 258 g/mol. The second-order valence-corrected chi connectivity index (χ2v) is 6.16. The minimum Gasteiger partial charge on any atom is -0.460 e. The van der Waals surface area contributed by atoms with Gasteiger partial charge in [0.05, 0.1) is 6.54 Å². The fourth-order valence-corrected chi connectivity index (χ4v) is 3.09. The molecule has 1 saturated heterocycles. The zero-order valence-electron chi connectivity index (χ0n) is 11.8. The average Bonchev–Trinajstić information content (AvgIpc) is 2.94. The fourth-order valence-electron chi connectivity index (χ4n) is 3.09. The molecule has 2 heterocycles. The van der Waals surface area contributed by atoms with E-state index in [1.165, 1.54) is 11.8 Å². The van der Waals surface area contributed by atoms with Crippen molar-refractivity contribution in [2.45, 2.75) is 19.9 Å². The van der Waals surface area contributed by atoms with Crippen LogP contribution in [0.2, 0.25) is 0 Å². The quantitative estimate of drug-likeness (QED) is 0.914. The van der Waals surface area contributed by atoms with Crippen molar-refractivity contribution >= 4 is 11.0 Å². The SMILES string of the molecule is CN(Cc1cc2ccccc2o1)CC1(C)CCNC1. The molecule has 3 nitrogen and oxygen atoms in total. The maximum atomic E-state index is 5.88. The molecule has 19 heavy (non-hydrogen) atoms. The minimum atomic E-state index is 0.404. The molecule has 0 saturated carbocycles. The second-order valence-electron chi connectivity index (χ2n) is 6.16. The van der Waals surface area contributed by atoms with Crippen molar-refractivity contribution in [3.05, 3.63) is 36.1 Å². The summed E-state index contributed by atoms with van der Waals surface area (Å²) in [7, 11) is 2.18. The molecular formula is C16H22N2O. The number of benzene rings is 1. The van der Waals surface area contributed by atoms with Crippen molar-refractivity contribution in [1.29, 1.82) is 0 Å². The second kappa shape index (κ2) is 4.99. The van der Waals surface area contributed by atoms with Gasteiger partial charge < -0.3 is 9.73 Å². The van der Waals surface area contributed by atoms with Gasteiger partial charge in [0.15, 0.2) is 0 Å². The molecule has 1 aromatic carbocycles. The first-order chi connectivity index (χ1) is 9.15. The smallest absolute Gasteiger partial charge is 0.134 e. The van der Waals surface area contributed by atoms with Gasteiger partial charge in [-0.2, -0.15) is 0 Å². The Bertz CT molecular complexity index is 522. The van der Waals surface area contributed by atoms with E-state index in [1.807, 2.05) is 12.1 Å². The summed E-state index contributed by atoms with van der Waals surface area (Å²) in [5, 5.41) is 4.65. The van der Waals surface area contributed by atoms with Crippen LogP contribution in [0.3, 0.4) is 0 Å². The third-order valence-corrected chi connectivity index (χ3v) is 4.01. The Morgan fingerprint density at radius 2 is 2.21 bits per heavy atom. The number of nitrogens with one attached hydrogen (secondary N) is 1.